The van der Waals surface area contributed by atoms with Crippen molar-refractivity contribution in [3.05, 3.63) is 11.7 Å². The van der Waals surface area contributed by atoms with Crippen LogP contribution in [0.4, 0.5) is 4.79 Å². The lowest BCUT2D eigenvalue weighted by atomic mass is 10.2. The van der Waals surface area contributed by atoms with Gasteiger partial charge in [0.05, 0.1) is 25.8 Å². The van der Waals surface area contributed by atoms with Gasteiger partial charge in [0.25, 0.3) is 5.89 Å². The molecule has 1 aromatic rings. The third-order valence-electron chi connectivity index (χ3n) is 5.32. The van der Waals surface area contributed by atoms with Crippen LogP contribution < -0.4 is 0 Å². The number of aromatic nitrogens is 2. The molecule has 4 rings (SSSR count). The summed E-state index contributed by atoms with van der Waals surface area (Å²) in [6.45, 7) is 7.62. The summed E-state index contributed by atoms with van der Waals surface area (Å²) >= 11 is 0. The highest BCUT2D eigenvalue weighted by Gasteiger charge is 2.47. The number of fused-ring (bicyclic) bond motifs is 1. The van der Waals surface area contributed by atoms with E-state index >= 15 is 0 Å². The molecular formula is C17H27N5O5. The van der Waals surface area contributed by atoms with Crippen LogP contribution >= 0.6 is 0 Å². The van der Waals surface area contributed by atoms with Gasteiger partial charge in [-0.3, -0.25) is 9.80 Å². The third kappa shape index (κ3) is 4.40. The van der Waals surface area contributed by atoms with Crippen LogP contribution in [0.25, 0.3) is 0 Å². The Balaban J connectivity index is 1.26. The Morgan fingerprint density at radius 1 is 1.19 bits per heavy atom. The Morgan fingerprint density at radius 2 is 2.04 bits per heavy atom. The lowest BCUT2D eigenvalue weighted by Crippen LogP contribution is -2.41. The highest BCUT2D eigenvalue weighted by Crippen LogP contribution is 2.27. The minimum absolute atomic E-state index is 0.0776. The summed E-state index contributed by atoms with van der Waals surface area (Å²) in [6.07, 6.45) is 0.684. The minimum atomic E-state index is -0.187. The maximum Gasteiger partial charge on any atom is 0.410 e. The highest BCUT2D eigenvalue weighted by molar-refractivity contribution is 5.71. The molecule has 10 heteroatoms. The second-order valence-electron chi connectivity index (χ2n) is 7.22. The molecule has 0 spiro atoms. The molecule has 150 valence electrons. The molecule has 0 aromatic carbocycles. The fourth-order valence-electron chi connectivity index (χ4n) is 3.99. The van der Waals surface area contributed by atoms with Crippen LogP contribution in [-0.2, 0) is 27.4 Å². The van der Waals surface area contributed by atoms with Crippen molar-refractivity contribution in [2.45, 2.75) is 31.7 Å². The Labute approximate surface area is 158 Å². The molecule has 0 aliphatic carbocycles. The monoisotopic (exact) mass is 381 g/mol. The molecule has 2 atom stereocenters. The zero-order valence-corrected chi connectivity index (χ0v) is 15.7. The zero-order chi connectivity index (χ0) is 18.6. The SMILES string of the molecule is COCc1nc(CN2C[C@@H]3OC(=O)N(CCCN4CCOCC4)[C@@H]3C2)no1. The summed E-state index contributed by atoms with van der Waals surface area (Å²) in [7, 11) is 1.59. The van der Waals surface area contributed by atoms with E-state index in [1.54, 1.807) is 7.11 Å². The van der Waals surface area contributed by atoms with E-state index in [0.29, 0.717) is 31.4 Å². The first kappa shape index (κ1) is 18.6. The highest BCUT2D eigenvalue weighted by atomic mass is 16.6. The van der Waals surface area contributed by atoms with Crippen molar-refractivity contribution in [2.24, 2.45) is 0 Å². The van der Waals surface area contributed by atoms with E-state index in [4.69, 9.17) is 18.7 Å². The van der Waals surface area contributed by atoms with E-state index in [-0.39, 0.29) is 18.2 Å². The maximum atomic E-state index is 12.2. The van der Waals surface area contributed by atoms with E-state index in [9.17, 15) is 4.79 Å². The van der Waals surface area contributed by atoms with Gasteiger partial charge in [0, 0.05) is 46.4 Å². The van der Waals surface area contributed by atoms with Crippen LogP contribution in [0, 0.1) is 0 Å². The van der Waals surface area contributed by atoms with E-state index < -0.39 is 0 Å². The standard InChI is InChI=1S/C17H27N5O5/c1-24-12-16-18-15(19-27-16)11-21-9-13-14(10-21)26-17(23)22(13)4-2-3-20-5-7-25-8-6-20/h13-14H,2-12H2,1H3/t13-,14+/m1/s1. The summed E-state index contributed by atoms with van der Waals surface area (Å²) in [6, 6.07) is 0.104. The van der Waals surface area contributed by atoms with Gasteiger partial charge in [-0.1, -0.05) is 5.16 Å². The average Bonchev–Trinajstić information content (AvgIpc) is 3.33. The van der Waals surface area contributed by atoms with Crippen LogP contribution in [0.5, 0.6) is 0 Å². The normalized spacial score (nSPS) is 26.6. The fraction of sp³-hybridized carbons (Fsp3) is 0.824. The molecule has 10 nitrogen and oxygen atoms in total. The number of carbonyl (C=O) groups excluding carboxylic acids is 1. The predicted octanol–water partition coefficient (Wildman–Crippen LogP) is -0.0567. The van der Waals surface area contributed by atoms with E-state index in [2.05, 4.69) is 19.9 Å². The van der Waals surface area contributed by atoms with Crippen molar-refractivity contribution < 1.29 is 23.5 Å². The van der Waals surface area contributed by atoms with Gasteiger partial charge >= 0.3 is 6.09 Å². The molecule has 0 bridgehead atoms. The molecule has 0 unspecified atom stereocenters. The number of rotatable bonds is 8. The second kappa shape index (κ2) is 8.51. The van der Waals surface area contributed by atoms with Crippen molar-refractivity contribution in [3.8, 4) is 0 Å². The Morgan fingerprint density at radius 3 is 2.85 bits per heavy atom. The average molecular weight is 381 g/mol. The zero-order valence-electron chi connectivity index (χ0n) is 15.7. The number of hydrogen-bond donors (Lipinski definition) is 0. The van der Waals surface area contributed by atoms with Gasteiger partial charge in [0.1, 0.15) is 12.7 Å². The molecule has 1 aromatic heterocycles. The number of morpholine rings is 1. The number of likely N-dealkylation sites (tertiary alicyclic amines) is 1. The van der Waals surface area contributed by atoms with E-state index in [1.165, 1.54) is 0 Å². The van der Waals surface area contributed by atoms with E-state index in [1.807, 2.05) is 4.90 Å². The van der Waals surface area contributed by atoms with Crippen molar-refractivity contribution in [1.29, 1.82) is 0 Å². The molecule has 3 aliphatic rings. The van der Waals surface area contributed by atoms with Gasteiger partial charge < -0.3 is 23.6 Å². The Bertz CT molecular complexity index is 635. The van der Waals surface area contributed by atoms with Crippen LogP contribution in [-0.4, -0.2) is 103 Å². The molecule has 3 fully saturated rings. The summed E-state index contributed by atoms with van der Waals surface area (Å²) < 4.78 is 21.1. The van der Waals surface area contributed by atoms with Gasteiger partial charge in [0.15, 0.2) is 5.82 Å². The van der Waals surface area contributed by atoms with Crippen LogP contribution in [0.1, 0.15) is 18.1 Å². The lowest BCUT2D eigenvalue weighted by molar-refractivity contribution is 0.0362. The summed E-state index contributed by atoms with van der Waals surface area (Å²) in [5.41, 5.74) is 0. The molecule has 1 amide bonds. The Kier molecular flexibility index (Phi) is 5.86. The number of ether oxygens (including phenoxy) is 3. The topological polar surface area (TPSA) is 93.4 Å². The second-order valence-corrected chi connectivity index (χ2v) is 7.22. The quantitative estimate of drug-likeness (QED) is 0.614. The molecule has 3 aliphatic heterocycles. The van der Waals surface area contributed by atoms with Crippen molar-refractivity contribution >= 4 is 6.09 Å². The molecule has 0 saturated carbocycles. The predicted molar refractivity (Wildman–Crippen MR) is 92.9 cm³/mol. The third-order valence-corrected chi connectivity index (χ3v) is 5.32. The van der Waals surface area contributed by atoms with Gasteiger partial charge in [-0.15, -0.1) is 0 Å². The molecule has 0 N–H and O–H groups in total. The van der Waals surface area contributed by atoms with Crippen LogP contribution in [0.2, 0.25) is 0 Å². The van der Waals surface area contributed by atoms with Crippen LogP contribution in [0.3, 0.4) is 0 Å². The van der Waals surface area contributed by atoms with Crippen molar-refractivity contribution in [1.82, 2.24) is 24.8 Å². The van der Waals surface area contributed by atoms with Crippen molar-refractivity contribution in [3.63, 3.8) is 0 Å². The first-order valence-corrected chi connectivity index (χ1v) is 9.53. The largest absolute Gasteiger partial charge is 0.442 e. The number of hydrogen-bond acceptors (Lipinski definition) is 9. The first-order valence-electron chi connectivity index (χ1n) is 9.53. The minimum Gasteiger partial charge on any atom is -0.442 e. The first-order chi connectivity index (χ1) is 13.2. The molecular weight excluding hydrogens is 354 g/mol. The molecule has 3 saturated heterocycles. The van der Waals surface area contributed by atoms with Gasteiger partial charge in [-0.25, -0.2) is 4.79 Å². The Hall–Kier alpha value is -1.75. The molecule has 4 heterocycles. The molecule has 0 radical (unpaired) electrons. The number of carbonyl (C=O) groups is 1. The smallest absolute Gasteiger partial charge is 0.410 e. The van der Waals surface area contributed by atoms with Crippen molar-refractivity contribution in [2.75, 3.05) is 59.6 Å². The molecule has 27 heavy (non-hydrogen) atoms. The van der Waals surface area contributed by atoms with Gasteiger partial charge in [-0.2, -0.15) is 4.98 Å². The number of nitrogens with zero attached hydrogens (tertiary/aromatic N) is 5. The fourth-order valence-corrected chi connectivity index (χ4v) is 3.99. The van der Waals surface area contributed by atoms with Gasteiger partial charge in [0.2, 0.25) is 0 Å². The van der Waals surface area contributed by atoms with Crippen LogP contribution in [0.15, 0.2) is 4.52 Å². The summed E-state index contributed by atoms with van der Waals surface area (Å²) in [5, 5.41) is 3.98. The van der Waals surface area contributed by atoms with E-state index in [0.717, 1.165) is 52.4 Å². The summed E-state index contributed by atoms with van der Waals surface area (Å²) in [4.78, 5) is 23.0. The lowest BCUT2D eigenvalue weighted by Gasteiger charge is -2.28. The number of amides is 1. The van der Waals surface area contributed by atoms with Gasteiger partial charge in [-0.05, 0) is 6.42 Å². The number of methoxy groups -OCH3 is 1. The maximum absolute atomic E-state index is 12.2. The summed E-state index contributed by atoms with van der Waals surface area (Å²) in [5.74, 6) is 1.11.